The molecule has 0 aromatic heterocycles. The van der Waals surface area contributed by atoms with Gasteiger partial charge < -0.3 is 9.64 Å². The number of fused-ring (bicyclic) bond motifs is 1. The summed E-state index contributed by atoms with van der Waals surface area (Å²) in [4.78, 5) is 29.4. The number of thioether (sulfide) groups is 1. The van der Waals surface area contributed by atoms with Crippen LogP contribution in [0.15, 0.2) is 47.4 Å². The monoisotopic (exact) mass is 480 g/mol. The number of ether oxygens (including phenoxy) is 1. The number of carbonyl (C=O) groups excluding carboxylic acids is 2. The number of halogens is 1. The highest BCUT2D eigenvalue weighted by atomic mass is 32.2. The summed E-state index contributed by atoms with van der Waals surface area (Å²) in [5.41, 5.74) is 4.21. The standard InChI is InChI=1S/C27H29FN2O3S/c1-6-11-30-22-14-23(33-5)19(12-20(22)17(2)15-27(30,3)4)13-24-25(31)29(26(32)34-24)16-18-9-7-8-10-21(18)28/h7-10,12-15H,6,11,16H2,1-5H3/b24-13+. The fourth-order valence-electron chi connectivity index (χ4n) is 4.62. The molecule has 4 rings (SSSR count). The van der Waals surface area contributed by atoms with Crippen molar-refractivity contribution < 1.29 is 18.7 Å². The highest BCUT2D eigenvalue weighted by molar-refractivity contribution is 8.18. The van der Waals surface area contributed by atoms with Crippen LogP contribution in [0.1, 0.15) is 50.8 Å². The molecular weight excluding hydrogens is 451 g/mol. The number of methoxy groups -OCH3 is 1. The first-order valence-electron chi connectivity index (χ1n) is 11.3. The molecule has 0 atom stereocenters. The average molecular weight is 481 g/mol. The molecule has 0 unspecified atom stereocenters. The van der Waals surface area contributed by atoms with Crippen molar-refractivity contribution in [2.45, 2.75) is 46.2 Å². The summed E-state index contributed by atoms with van der Waals surface area (Å²) in [5.74, 6) is -0.242. The molecule has 0 N–H and O–H groups in total. The van der Waals surface area contributed by atoms with Crippen molar-refractivity contribution in [2.75, 3.05) is 18.6 Å². The van der Waals surface area contributed by atoms with E-state index in [-0.39, 0.29) is 12.1 Å². The molecule has 178 valence electrons. The molecular formula is C27H29FN2O3S. The number of allylic oxidation sites excluding steroid dienone is 1. The molecule has 2 aromatic carbocycles. The van der Waals surface area contributed by atoms with Gasteiger partial charge in [0, 0.05) is 35.0 Å². The number of benzene rings is 2. The molecule has 0 radical (unpaired) electrons. The molecule has 34 heavy (non-hydrogen) atoms. The number of hydrogen-bond acceptors (Lipinski definition) is 5. The molecule has 2 aliphatic rings. The molecule has 5 nitrogen and oxygen atoms in total. The van der Waals surface area contributed by atoms with Gasteiger partial charge in [-0.15, -0.1) is 0 Å². The van der Waals surface area contributed by atoms with E-state index in [2.05, 4.69) is 38.7 Å². The van der Waals surface area contributed by atoms with E-state index in [1.54, 1.807) is 31.4 Å². The first-order chi connectivity index (χ1) is 16.2. The van der Waals surface area contributed by atoms with E-state index in [9.17, 15) is 14.0 Å². The maximum Gasteiger partial charge on any atom is 0.293 e. The van der Waals surface area contributed by atoms with E-state index in [0.29, 0.717) is 16.2 Å². The number of carbonyl (C=O) groups is 2. The van der Waals surface area contributed by atoms with Gasteiger partial charge in [-0.05, 0) is 62.7 Å². The summed E-state index contributed by atoms with van der Waals surface area (Å²) in [6.45, 7) is 9.44. The average Bonchev–Trinajstić information content (AvgIpc) is 3.05. The van der Waals surface area contributed by atoms with Crippen LogP contribution < -0.4 is 9.64 Å². The van der Waals surface area contributed by atoms with Crippen LogP contribution in [0, 0.1) is 5.82 Å². The summed E-state index contributed by atoms with van der Waals surface area (Å²) >= 11 is 0.863. The minimum atomic E-state index is -0.441. The van der Waals surface area contributed by atoms with E-state index in [0.717, 1.165) is 52.0 Å². The van der Waals surface area contributed by atoms with Crippen LogP contribution in [0.2, 0.25) is 0 Å². The van der Waals surface area contributed by atoms with Crippen LogP contribution in [-0.2, 0) is 11.3 Å². The molecule has 0 aliphatic carbocycles. The molecule has 0 bridgehead atoms. The fourth-order valence-corrected chi connectivity index (χ4v) is 5.45. The Morgan fingerprint density at radius 3 is 2.59 bits per heavy atom. The Morgan fingerprint density at radius 1 is 1.18 bits per heavy atom. The summed E-state index contributed by atoms with van der Waals surface area (Å²) in [6.07, 6.45) is 4.96. The van der Waals surface area contributed by atoms with Crippen molar-refractivity contribution in [3.8, 4) is 5.75 Å². The second-order valence-corrected chi connectivity index (χ2v) is 10.1. The van der Waals surface area contributed by atoms with Gasteiger partial charge in [-0.2, -0.15) is 0 Å². The third kappa shape index (κ3) is 4.37. The largest absolute Gasteiger partial charge is 0.496 e. The van der Waals surface area contributed by atoms with E-state index in [1.807, 2.05) is 12.1 Å². The van der Waals surface area contributed by atoms with E-state index in [1.165, 1.54) is 6.07 Å². The van der Waals surface area contributed by atoms with Gasteiger partial charge in [0.05, 0.1) is 24.1 Å². The number of nitrogens with zero attached hydrogens (tertiary/aromatic N) is 2. The molecule has 1 fully saturated rings. The molecule has 1 saturated heterocycles. The first kappa shape index (κ1) is 24.1. The van der Waals surface area contributed by atoms with Gasteiger partial charge in [0.15, 0.2) is 0 Å². The van der Waals surface area contributed by atoms with Gasteiger partial charge >= 0.3 is 0 Å². The Labute approximate surface area is 204 Å². The Balaban J connectivity index is 1.71. The van der Waals surface area contributed by atoms with Crippen LogP contribution in [0.25, 0.3) is 11.6 Å². The lowest BCUT2D eigenvalue weighted by Gasteiger charge is -2.43. The van der Waals surface area contributed by atoms with Crippen LogP contribution in [0.5, 0.6) is 5.75 Å². The first-order valence-corrected chi connectivity index (χ1v) is 12.2. The number of anilines is 1. The molecule has 0 saturated carbocycles. The number of hydrogen-bond donors (Lipinski definition) is 0. The highest BCUT2D eigenvalue weighted by Crippen LogP contribution is 2.43. The number of imide groups is 1. The van der Waals surface area contributed by atoms with Gasteiger partial charge in [0.25, 0.3) is 11.1 Å². The summed E-state index contributed by atoms with van der Waals surface area (Å²) in [6, 6.07) is 10.2. The van der Waals surface area contributed by atoms with Gasteiger partial charge in [0.1, 0.15) is 11.6 Å². The topological polar surface area (TPSA) is 49.9 Å². The second kappa shape index (κ2) is 9.29. The second-order valence-electron chi connectivity index (χ2n) is 9.10. The van der Waals surface area contributed by atoms with Crippen LogP contribution in [-0.4, -0.2) is 35.2 Å². The fraction of sp³-hybridized carbons (Fsp3) is 0.333. The van der Waals surface area contributed by atoms with Crippen LogP contribution in [0.3, 0.4) is 0 Å². The summed E-state index contributed by atoms with van der Waals surface area (Å²) < 4.78 is 19.8. The maximum atomic E-state index is 14.1. The lowest BCUT2D eigenvalue weighted by molar-refractivity contribution is -0.123. The van der Waals surface area contributed by atoms with Gasteiger partial charge in [-0.1, -0.05) is 31.2 Å². The maximum absolute atomic E-state index is 14.1. The van der Waals surface area contributed by atoms with Crippen molar-refractivity contribution in [1.82, 2.24) is 4.90 Å². The van der Waals surface area contributed by atoms with Crippen molar-refractivity contribution in [3.05, 3.63) is 69.9 Å². The van der Waals surface area contributed by atoms with Crippen molar-refractivity contribution in [2.24, 2.45) is 0 Å². The van der Waals surface area contributed by atoms with Gasteiger partial charge in [-0.25, -0.2) is 4.39 Å². The summed E-state index contributed by atoms with van der Waals surface area (Å²) in [5, 5.41) is -0.414. The smallest absolute Gasteiger partial charge is 0.293 e. The van der Waals surface area contributed by atoms with E-state index < -0.39 is 17.0 Å². The van der Waals surface area contributed by atoms with E-state index in [4.69, 9.17) is 4.74 Å². The number of rotatable bonds is 6. The quantitative estimate of drug-likeness (QED) is 0.443. The molecule has 2 heterocycles. The Bertz CT molecular complexity index is 1220. The molecule has 2 amide bonds. The molecule has 7 heteroatoms. The third-order valence-corrected chi connectivity index (χ3v) is 7.13. The van der Waals surface area contributed by atoms with Crippen molar-refractivity contribution in [3.63, 3.8) is 0 Å². The molecule has 2 aromatic rings. The predicted octanol–water partition coefficient (Wildman–Crippen LogP) is 6.48. The van der Waals surface area contributed by atoms with Crippen LogP contribution >= 0.6 is 11.8 Å². The molecule has 2 aliphatic heterocycles. The zero-order valence-electron chi connectivity index (χ0n) is 20.1. The minimum absolute atomic E-state index is 0.0983. The van der Waals surface area contributed by atoms with Crippen molar-refractivity contribution in [1.29, 1.82) is 0 Å². The third-order valence-electron chi connectivity index (χ3n) is 6.22. The van der Waals surface area contributed by atoms with Crippen LogP contribution in [0.4, 0.5) is 14.9 Å². The normalized spacial score (nSPS) is 18.4. The van der Waals surface area contributed by atoms with E-state index >= 15 is 0 Å². The SMILES string of the molecule is CCCN1c2cc(OC)c(/C=C3/SC(=O)N(Cc4ccccc4F)C3=O)cc2C(C)=CC1(C)C. The lowest BCUT2D eigenvalue weighted by Crippen LogP contribution is -2.45. The number of amides is 2. The zero-order chi connectivity index (χ0) is 24.6. The van der Waals surface area contributed by atoms with Crippen molar-refractivity contribution >= 4 is 40.2 Å². The summed E-state index contributed by atoms with van der Waals surface area (Å²) in [7, 11) is 1.60. The Kier molecular flexibility index (Phi) is 6.58. The van der Waals surface area contributed by atoms with Gasteiger partial charge in [0.2, 0.25) is 0 Å². The molecule has 0 spiro atoms. The zero-order valence-corrected chi connectivity index (χ0v) is 21.0. The lowest BCUT2D eigenvalue weighted by atomic mass is 9.87. The Morgan fingerprint density at radius 2 is 1.91 bits per heavy atom. The highest BCUT2D eigenvalue weighted by Gasteiger charge is 2.36. The predicted molar refractivity (Wildman–Crippen MR) is 136 cm³/mol. The van der Waals surface area contributed by atoms with Gasteiger partial charge in [-0.3, -0.25) is 14.5 Å². The Hall–Kier alpha value is -3.06. The minimum Gasteiger partial charge on any atom is -0.496 e.